The molecule has 0 unspecified atom stereocenters. The van der Waals surface area contributed by atoms with E-state index in [0.29, 0.717) is 28.5 Å². The molecular weight excluding hydrogens is 432 g/mol. The van der Waals surface area contributed by atoms with Crippen molar-refractivity contribution in [3.63, 3.8) is 0 Å². The topological polar surface area (TPSA) is 114 Å². The molecule has 2 aromatic heterocycles. The number of carbonyl (C=O) groups excluding carboxylic acids is 1. The van der Waals surface area contributed by atoms with Gasteiger partial charge in [-0.15, -0.1) is 15.3 Å². The van der Waals surface area contributed by atoms with Gasteiger partial charge in [0.15, 0.2) is 17.3 Å². The van der Waals surface area contributed by atoms with Gasteiger partial charge in [-0.3, -0.25) is 4.79 Å². The number of hydrogen-bond acceptors (Lipinski definition) is 7. The quantitative estimate of drug-likeness (QED) is 0.345. The highest BCUT2D eigenvalue weighted by Gasteiger charge is 2.16. The fraction of sp³-hybridized carbons (Fsp3) is 0.120. The lowest BCUT2D eigenvalue weighted by atomic mass is 10.1. The van der Waals surface area contributed by atoms with Gasteiger partial charge in [-0.2, -0.15) is 4.52 Å². The van der Waals surface area contributed by atoms with Crippen molar-refractivity contribution >= 4 is 33.8 Å². The Hall–Kier alpha value is -4.50. The van der Waals surface area contributed by atoms with Crippen molar-refractivity contribution in [2.24, 2.45) is 0 Å². The summed E-state index contributed by atoms with van der Waals surface area (Å²) >= 11 is 0. The summed E-state index contributed by atoms with van der Waals surface area (Å²) in [6, 6.07) is 22.5. The van der Waals surface area contributed by atoms with E-state index in [1.165, 1.54) is 0 Å². The minimum absolute atomic E-state index is 0.116. The molecule has 0 saturated heterocycles. The predicted molar refractivity (Wildman–Crippen MR) is 129 cm³/mol. The van der Waals surface area contributed by atoms with Gasteiger partial charge in [-0.25, -0.2) is 0 Å². The summed E-state index contributed by atoms with van der Waals surface area (Å²) in [6.45, 7) is 0.0796. The number of aliphatic hydroxyl groups excluding tert-OH is 1. The molecule has 0 aliphatic rings. The highest BCUT2D eigenvalue weighted by Crippen LogP contribution is 2.30. The molecule has 5 rings (SSSR count). The van der Waals surface area contributed by atoms with Gasteiger partial charge in [-0.1, -0.05) is 30.3 Å². The van der Waals surface area contributed by atoms with Gasteiger partial charge in [0.1, 0.15) is 5.75 Å². The molecule has 0 aliphatic heterocycles. The number of benzene rings is 3. The average molecular weight is 454 g/mol. The molecular formula is C25H22N6O3. The van der Waals surface area contributed by atoms with Crippen LogP contribution in [0.1, 0.15) is 10.4 Å². The molecule has 0 radical (unpaired) electrons. The first-order chi connectivity index (χ1) is 16.7. The van der Waals surface area contributed by atoms with Crippen LogP contribution in [0.3, 0.4) is 0 Å². The Morgan fingerprint density at radius 1 is 1.00 bits per heavy atom. The van der Waals surface area contributed by atoms with Gasteiger partial charge in [0, 0.05) is 34.1 Å². The van der Waals surface area contributed by atoms with Crippen LogP contribution in [-0.2, 0) is 0 Å². The number of aliphatic hydroxyl groups is 1. The normalized spacial score (nSPS) is 11.0. The van der Waals surface area contributed by atoms with Gasteiger partial charge in [-0.05, 0) is 42.5 Å². The van der Waals surface area contributed by atoms with Crippen LogP contribution in [-0.4, -0.2) is 51.1 Å². The predicted octanol–water partition coefficient (Wildman–Crippen LogP) is 3.42. The SMILES string of the molecule is COc1ccc(-c2nnc3c4ccccc4c(Nc4cccc(C(=O)NCCO)c4)nn23)cc1. The second-order valence-electron chi connectivity index (χ2n) is 7.57. The molecule has 3 aromatic carbocycles. The molecule has 0 saturated carbocycles. The lowest BCUT2D eigenvalue weighted by molar-refractivity contribution is 0.0945. The second-order valence-corrected chi connectivity index (χ2v) is 7.57. The van der Waals surface area contributed by atoms with E-state index >= 15 is 0 Å². The van der Waals surface area contributed by atoms with Crippen molar-refractivity contribution in [2.45, 2.75) is 0 Å². The first-order valence-electron chi connectivity index (χ1n) is 10.7. The van der Waals surface area contributed by atoms with Crippen LogP contribution in [0.15, 0.2) is 72.8 Å². The Morgan fingerprint density at radius 2 is 1.79 bits per heavy atom. The highest BCUT2D eigenvalue weighted by molar-refractivity contribution is 6.01. The van der Waals surface area contributed by atoms with E-state index in [1.54, 1.807) is 29.8 Å². The first-order valence-corrected chi connectivity index (χ1v) is 10.7. The summed E-state index contributed by atoms with van der Waals surface area (Å²) < 4.78 is 6.97. The number of nitrogens with one attached hydrogen (secondary N) is 2. The van der Waals surface area contributed by atoms with Crippen molar-refractivity contribution in [1.82, 2.24) is 25.1 Å². The van der Waals surface area contributed by atoms with E-state index in [9.17, 15) is 4.79 Å². The molecule has 3 N–H and O–H groups in total. The second kappa shape index (κ2) is 9.16. The van der Waals surface area contributed by atoms with E-state index < -0.39 is 0 Å². The summed E-state index contributed by atoms with van der Waals surface area (Å²) in [5, 5.41) is 30.3. The molecule has 0 fully saturated rings. The molecule has 170 valence electrons. The molecule has 0 spiro atoms. The van der Waals surface area contributed by atoms with E-state index in [-0.39, 0.29) is 19.1 Å². The highest BCUT2D eigenvalue weighted by atomic mass is 16.5. The lowest BCUT2D eigenvalue weighted by Crippen LogP contribution is -2.26. The van der Waals surface area contributed by atoms with Crippen LogP contribution >= 0.6 is 0 Å². The zero-order valence-corrected chi connectivity index (χ0v) is 18.4. The summed E-state index contributed by atoms with van der Waals surface area (Å²) in [4.78, 5) is 12.3. The van der Waals surface area contributed by atoms with Crippen molar-refractivity contribution in [2.75, 3.05) is 25.6 Å². The number of rotatable bonds is 7. The largest absolute Gasteiger partial charge is 0.497 e. The average Bonchev–Trinajstić information content (AvgIpc) is 3.31. The van der Waals surface area contributed by atoms with Gasteiger partial charge in [0.25, 0.3) is 5.91 Å². The van der Waals surface area contributed by atoms with Crippen LogP contribution in [0.5, 0.6) is 5.75 Å². The molecule has 1 amide bonds. The maximum Gasteiger partial charge on any atom is 0.251 e. The Kier molecular flexibility index (Phi) is 5.75. The van der Waals surface area contributed by atoms with Crippen LogP contribution in [0.4, 0.5) is 11.5 Å². The Balaban J connectivity index is 1.58. The number of hydrogen-bond donors (Lipinski definition) is 3. The zero-order valence-electron chi connectivity index (χ0n) is 18.4. The number of ether oxygens (including phenoxy) is 1. The number of fused-ring (bicyclic) bond motifs is 3. The minimum Gasteiger partial charge on any atom is -0.497 e. The van der Waals surface area contributed by atoms with E-state index in [4.69, 9.17) is 14.9 Å². The first kappa shape index (κ1) is 21.4. The zero-order chi connectivity index (χ0) is 23.5. The van der Waals surface area contributed by atoms with Gasteiger partial charge in [0.05, 0.1) is 13.7 Å². The molecule has 5 aromatic rings. The van der Waals surface area contributed by atoms with Crippen LogP contribution in [0.25, 0.3) is 27.8 Å². The smallest absolute Gasteiger partial charge is 0.251 e. The minimum atomic E-state index is -0.258. The maximum absolute atomic E-state index is 12.3. The van der Waals surface area contributed by atoms with Crippen LogP contribution < -0.4 is 15.4 Å². The van der Waals surface area contributed by atoms with Gasteiger partial charge in [0.2, 0.25) is 0 Å². The Labute approximate surface area is 195 Å². The molecule has 34 heavy (non-hydrogen) atoms. The standard InChI is InChI=1S/C25H22N6O3/c1-34-19-11-9-16(10-12-19)23-28-29-24-21-8-3-2-7-20(21)22(30-31(23)24)27-18-6-4-5-17(15-18)25(33)26-13-14-32/h2-12,15,32H,13-14H2,1H3,(H,26,33)(H,27,30). The molecule has 9 heteroatoms. The summed E-state index contributed by atoms with van der Waals surface area (Å²) in [5.74, 6) is 1.70. The monoisotopic (exact) mass is 454 g/mol. The van der Waals surface area contributed by atoms with E-state index in [2.05, 4.69) is 20.8 Å². The number of carbonyl (C=O) groups is 1. The summed E-state index contributed by atoms with van der Waals surface area (Å²) in [5.41, 5.74) is 2.67. The van der Waals surface area contributed by atoms with Crippen LogP contribution in [0, 0.1) is 0 Å². The Morgan fingerprint density at radius 3 is 2.56 bits per heavy atom. The fourth-order valence-corrected chi connectivity index (χ4v) is 3.74. The van der Waals surface area contributed by atoms with E-state index in [0.717, 1.165) is 22.1 Å². The van der Waals surface area contributed by atoms with Gasteiger partial charge >= 0.3 is 0 Å². The van der Waals surface area contributed by atoms with E-state index in [1.807, 2.05) is 54.6 Å². The number of methoxy groups -OCH3 is 1. The van der Waals surface area contributed by atoms with Gasteiger partial charge < -0.3 is 20.5 Å². The van der Waals surface area contributed by atoms with Crippen molar-refractivity contribution in [1.29, 1.82) is 0 Å². The Bertz CT molecular complexity index is 1480. The third-order valence-corrected chi connectivity index (χ3v) is 5.40. The molecule has 2 heterocycles. The number of nitrogens with zero attached hydrogens (tertiary/aromatic N) is 4. The van der Waals surface area contributed by atoms with Crippen molar-refractivity contribution in [3.05, 3.63) is 78.4 Å². The number of amides is 1. The summed E-state index contributed by atoms with van der Waals surface area (Å²) in [6.07, 6.45) is 0. The molecule has 0 bridgehead atoms. The molecule has 9 nitrogen and oxygen atoms in total. The molecule has 0 atom stereocenters. The number of anilines is 2. The summed E-state index contributed by atoms with van der Waals surface area (Å²) in [7, 11) is 1.62. The van der Waals surface area contributed by atoms with Crippen LogP contribution in [0.2, 0.25) is 0 Å². The fourth-order valence-electron chi connectivity index (χ4n) is 3.74. The molecule has 0 aliphatic carbocycles. The lowest BCUT2D eigenvalue weighted by Gasteiger charge is -2.12. The van der Waals surface area contributed by atoms with Crippen molar-refractivity contribution < 1.29 is 14.6 Å². The number of aromatic nitrogens is 4. The third-order valence-electron chi connectivity index (χ3n) is 5.40. The maximum atomic E-state index is 12.3. The van der Waals surface area contributed by atoms with Crippen molar-refractivity contribution in [3.8, 4) is 17.1 Å². The third kappa shape index (κ3) is 4.00.